The first kappa shape index (κ1) is 11.0. The Morgan fingerprint density at radius 3 is 2.71 bits per heavy atom. The molecule has 0 aliphatic carbocycles. The number of nitrogens with zero attached hydrogens (tertiary/aromatic N) is 2. The molecular weight excluding hydrogens is 192 g/mol. The van der Waals surface area contributed by atoms with Crippen LogP contribution in [0.3, 0.4) is 0 Å². The number of aromatic nitrogens is 2. The van der Waals surface area contributed by atoms with Gasteiger partial charge in [0.05, 0.1) is 5.69 Å². The van der Waals surface area contributed by atoms with Crippen LogP contribution >= 0.6 is 11.3 Å². The van der Waals surface area contributed by atoms with Gasteiger partial charge < -0.3 is 0 Å². The molecule has 0 bridgehead atoms. The highest BCUT2D eigenvalue weighted by Crippen LogP contribution is 2.25. The Labute approximate surface area is 88.9 Å². The lowest BCUT2D eigenvalue weighted by molar-refractivity contribution is 0.947. The molecule has 2 aromatic rings. The minimum Gasteiger partial charge on any atom is -0.229 e. The molecule has 0 aromatic carbocycles. The van der Waals surface area contributed by atoms with Crippen LogP contribution in [0.5, 0.6) is 0 Å². The molecular formula is C11H16N2S. The van der Waals surface area contributed by atoms with E-state index in [1.54, 1.807) is 11.3 Å². The standard InChI is InChI=1S/C9H10N2S.C2H6/c1-6(2)8-7(3)10-11-4-5-12-9(8)11;1-2/h4-5H,1H2,2-3H3;1-2H3. The van der Waals surface area contributed by atoms with Gasteiger partial charge in [-0.25, -0.2) is 4.52 Å². The van der Waals surface area contributed by atoms with Gasteiger partial charge in [0.25, 0.3) is 0 Å². The summed E-state index contributed by atoms with van der Waals surface area (Å²) in [5.41, 5.74) is 3.35. The minimum atomic E-state index is 1.06. The van der Waals surface area contributed by atoms with Crippen molar-refractivity contribution < 1.29 is 0 Å². The second-order valence-electron chi connectivity index (χ2n) is 2.89. The Morgan fingerprint density at radius 2 is 2.14 bits per heavy atom. The summed E-state index contributed by atoms with van der Waals surface area (Å²) in [6, 6.07) is 0. The van der Waals surface area contributed by atoms with Gasteiger partial charge in [-0.05, 0) is 19.4 Å². The van der Waals surface area contributed by atoms with Gasteiger partial charge >= 0.3 is 0 Å². The number of thiazole rings is 1. The third-order valence-electron chi connectivity index (χ3n) is 1.85. The number of aryl methyl sites for hydroxylation is 1. The number of rotatable bonds is 1. The summed E-state index contributed by atoms with van der Waals surface area (Å²) >= 11 is 1.70. The molecule has 2 nitrogen and oxygen atoms in total. The van der Waals surface area contributed by atoms with Gasteiger partial charge in [0.1, 0.15) is 4.83 Å². The molecule has 0 unspecified atom stereocenters. The molecule has 0 fully saturated rings. The van der Waals surface area contributed by atoms with E-state index in [2.05, 4.69) is 11.7 Å². The maximum atomic E-state index is 4.36. The van der Waals surface area contributed by atoms with Crippen LogP contribution in [0.15, 0.2) is 18.2 Å². The quantitative estimate of drug-likeness (QED) is 0.697. The van der Waals surface area contributed by atoms with Crippen molar-refractivity contribution in [2.45, 2.75) is 27.7 Å². The largest absolute Gasteiger partial charge is 0.229 e. The summed E-state index contributed by atoms with van der Waals surface area (Å²) in [5, 5.41) is 6.40. The van der Waals surface area contributed by atoms with E-state index in [1.807, 2.05) is 43.8 Å². The van der Waals surface area contributed by atoms with Gasteiger partial charge in [0.15, 0.2) is 0 Å². The molecule has 2 rings (SSSR count). The fraction of sp³-hybridized carbons (Fsp3) is 0.364. The number of fused-ring (bicyclic) bond motifs is 1. The predicted molar refractivity (Wildman–Crippen MR) is 63.9 cm³/mol. The van der Waals surface area contributed by atoms with Crippen molar-refractivity contribution in [3.05, 3.63) is 29.4 Å². The summed E-state index contributed by atoms with van der Waals surface area (Å²) in [4.78, 5) is 1.19. The van der Waals surface area contributed by atoms with Crippen LogP contribution in [-0.4, -0.2) is 9.61 Å². The lowest BCUT2D eigenvalue weighted by Crippen LogP contribution is -1.79. The van der Waals surface area contributed by atoms with Crippen molar-refractivity contribution >= 4 is 21.7 Å². The third kappa shape index (κ3) is 1.73. The average molecular weight is 208 g/mol. The Bertz CT molecular complexity index is 437. The summed E-state index contributed by atoms with van der Waals surface area (Å²) in [6.07, 6.45) is 1.97. The lowest BCUT2D eigenvalue weighted by Gasteiger charge is -1.93. The molecule has 0 aliphatic rings. The second-order valence-corrected chi connectivity index (χ2v) is 3.79. The first-order valence-electron chi connectivity index (χ1n) is 4.78. The molecule has 0 atom stereocenters. The van der Waals surface area contributed by atoms with E-state index in [-0.39, 0.29) is 0 Å². The molecule has 14 heavy (non-hydrogen) atoms. The van der Waals surface area contributed by atoms with Crippen LogP contribution in [-0.2, 0) is 0 Å². The van der Waals surface area contributed by atoms with E-state index < -0.39 is 0 Å². The predicted octanol–water partition coefficient (Wildman–Crippen LogP) is 3.76. The smallest absolute Gasteiger partial charge is 0.126 e. The molecule has 0 spiro atoms. The van der Waals surface area contributed by atoms with Crippen LogP contribution in [0, 0.1) is 6.92 Å². The number of hydrogen-bond donors (Lipinski definition) is 0. The first-order valence-corrected chi connectivity index (χ1v) is 5.66. The van der Waals surface area contributed by atoms with Crippen LogP contribution in [0.1, 0.15) is 32.0 Å². The van der Waals surface area contributed by atoms with E-state index in [0.29, 0.717) is 0 Å². The zero-order valence-electron chi connectivity index (χ0n) is 9.16. The van der Waals surface area contributed by atoms with Crippen molar-refractivity contribution in [2.75, 3.05) is 0 Å². The SMILES string of the molecule is C=C(C)c1c(C)nn2ccsc12.CC. The van der Waals surface area contributed by atoms with Crippen molar-refractivity contribution in [3.8, 4) is 0 Å². The second kappa shape index (κ2) is 4.42. The summed E-state index contributed by atoms with van der Waals surface area (Å²) in [7, 11) is 0. The van der Waals surface area contributed by atoms with Gasteiger partial charge in [-0.2, -0.15) is 5.10 Å². The van der Waals surface area contributed by atoms with Crippen LogP contribution in [0.4, 0.5) is 0 Å². The van der Waals surface area contributed by atoms with E-state index in [9.17, 15) is 0 Å². The molecule has 0 radical (unpaired) electrons. The van der Waals surface area contributed by atoms with Crippen LogP contribution in [0.25, 0.3) is 10.4 Å². The zero-order chi connectivity index (χ0) is 10.7. The van der Waals surface area contributed by atoms with Crippen LogP contribution in [0.2, 0.25) is 0 Å². The third-order valence-corrected chi connectivity index (χ3v) is 2.72. The maximum absolute atomic E-state index is 4.36. The number of allylic oxidation sites excluding steroid dienone is 1. The average Bonchev–Trinajstić information content (AvgIpc) is 2.66. The van der Waals surface area contributed by atoms with Gasteiger partial charge in [0.2, 0.25) is 0 Å². The molecule has 0 N–H and O–H groups in total. The fourth-order valence-corrected chi connectivity index (χ4v) is 2.34. The van der Waals surface area contributed by atoms with Crippen molar-refractivity contribution in [3.63, 3.8) is 0 Å². The molecule has 2 aromatic heterocycles. The fourth-order valence-electron chi connectivity index (χ4n) is 1.38. The Morgan fingerprint density at radius 1 is 1.50 bits per heavy atom. The van der Waals surface area contributed by atoms with Crippen LogP contribution < -0.4 is 0 Å². The van der Waals surface area contributed by atoms with E-state index in [4.69, 9.17) is 0 Å². The Hall–Kier alpha value is -1.09. The van der Waals surface area contributed by atoms with Gasteiger partial charge in [-0.15, -0.1) is 11.3 Å². The topological polar surface area (TPSA) is 17.3 Å². The normalized spacial score (nSPS) is 9.71. The highest BCUT2D eigenvalue weighted by atomic mass is 32.1. The molecule has 0 amide bonds. The summed E-state index contributed by atoms with van der Waals surface area (Å²) < 4.78 is 1.91. The monoisotopic (exact) mass is 208 g/mol. The molecule has 0 aliphatic heterocycles. The molecule has 76 valence electrons. The van der Waals surface area contributed by atoms with E-state index >= 15 is 0 Å². The zero-order valence-corrected chi connectivity index (χ0v) is 9.98. The summed E-state index contributed by atoms with van der Waals surface area (Å²) in [5.74, 6) is 0. The minimum absolute atomic E-state index is 1.06. The van der Waals surface area contributed by atoms with Gasteiger partial charge in [-0.3, -0.25) is 0 Å². The Balaban J connectivity index is 0.000000461. The first-order chi connectivity index (χ1) is 6.70. The highest BCUT2D eigenvalue weighted by Gasteiger charge is 2.09. The van der Waals surface area contributed by atoms with Crippen molar-refractivity contribution in [1.82, 2.24) is 9.61 Å². The summed E-state index contributed by atoms with van der Waals surface area (Å²) in [6.45, 7) is 12.0. The van der Waals surface area contributed by atoms with Crippen molar-refractivity contribution in [1.29, 1.82) is 0 Å². The van der Waals surface area contributed by atoms with Gasteiger partial charge in [-0.1, -0.05) is 20.4 Å². The van der Waals surface area contributed by atoms with E-state index in [0.717, 1.165) is 11.3 Å². The maximum Gasteiger partial charge on any atom is 0.126 e. The number of hydrogen-bond acceptors (Lipinski definition) is 2. The Kier molecular flexibility index (Phi) is 3.47. The molecule has 3 heteroatoms. The molecule has 2 heterocycles. The molecule has 0 saturated heterocycles. The van der Waals surface area contributed by atoms with Gasteiger partial charge in [0, 0.05) is 17.1 Å². The van der Waals surface area contributed by atoms with Crippen molar-refractivity contribution in [2.24, 2.45) is 0 Å². The van der Waals surface area contributed by atoms with E-state index in [1.165, 1.54) is 10.4 Å². The lowest BCUT2D eigenvalue weighted by atomic mass is 10.1. The highest BCUT2D eigenvalue weighted by molar-refractivity contribution is 7.15. The molecule has 0 saturated carbocycles.